The predicted molar refractivity (Wildman–Crippen MR) is 118 cm³/mol. The van der Waals surface area contributed by atoms with E-state index in [1.807, 2.05) is 56.3 Å². The van der Waals surface area contributed by atoms with Crippen LogP contribution in [0.2, 0.25) is 0 Å². The summed E-state index contributed by atoms with van der Waals surface area (Å²) in [5.41, 5.74) is 10.2. The van der Waals surface area contributed by atoms with E-state index >= 15 is 0 Å². The first-order valence-corrected chi connectivity index (χ1v) is 10.4. The van der Waals surface area contributed by atoms with E-state index in [0.29, 0.717) is 36.0 Å². The van der Waals surface area contributed by atoms with Crippen LogP contribution in [0, 0.1) is 6.92 Å². The number of hydrogen-bond acceptors (Lipinski definition) is 5. The van der Waals surface area contributed by atoms with Gasteiger partial charge in [0.2, 0.25) is 0 Å². The van der Waals surface area contributed by atoms with Gasteiger partial charge in [-0.2, -0.15) is 0 Å². The van der Waals surface area contributed by atoms with Crippen LogP contribution < -0.4 is 20.5 Å². The minimum Gasteiger partial charge on any atom is -0.492 e. The number of ether oxygens (including phenoxy) is 2. The second-order valence-corrected chi connectivity index (χ2v) is 7.64. The summed E-state index contributed by atoms with van der Waals surface area (Å²) in [6, 6.07) is 13.1. The molecule has 0 saturated heterocycles. The van der Waals surface area contributed by atoms with E-state index in [2.05, 4.69) is 10.3 Å². The Morgan fingerprint density at radius 2 is 2.13 bits per heavy atom. The van der Waals surface area contributed by atoms with Gasteiger partial charge in [-0.05, 0) is 56.0 Å². The van der Waals surface area contributed by atoms with E-state index in [9.17, 15) is 4.79 Å². The normalized spacial score (nSPS) is 13.9. The molecule has 0 fully saturated rings. The van der Waals surface area contributed by atoms with Gasteiger partial charge >= 0.3 is 0 Å². The zero-order valence-corrected chi connectivity index (χ0v) is 17.4. The summed E-state index contributed by atoms with van der Waals surface area (Å²) in [7, 11) is 0. The lowest BCUT2D eigenvalue weighted by atomic mass is 10.0. The number of aromatic nitrogens is 1. The van der Waals surface area contributed by atoms with Crippen LogP contribution in [0.1, 0.15) is 41.4 Å². The number of carbonyl (C=O) groups excluding carboxylic acids is 1. The summed E-state index contributed by atoms with van der Waals surface area (Å²) in [6.45, 7) is 4.92. The second-order valence-electron chi connectivity index (χ2n) is 7.64. The molecule has 6 nitrogen and oxygen atoms in total. The van der Waals surface area contributed by atoms with Gasteiger partial charge in [0.15, 0.2) is 0 Å². The Labute approximate surface area is 176 Å². The maximum atomic E-state index is 12.9. The highest BCUT2D eigenvalue weighted by atomic mass is 16.5. The van der Waals surface area contributed by atoms with Crippen molar-refractivity contribution in [3.05, 3.63) is 59.3 Å². The summed E-state index contributed by atoms with van der Waals surface area (Å²) in [5.74, 6) is 1.24. The molecule has 156 valence electrons. The van der Waals surface area contributed by atoms with E-state index in [0.717, 1.165) is 41.4 Å². The lowest BCUT2D eigenvalue weighted by Gasteiger charge is -2.22. The predicted octanol–water partition coefficient (Wildman–Crippen LogP) is 4.04. The highest BCUT2D eigenvalue weighted by Gasteiger charge is 2.21. The van der Waals surface area contributed by atoms with Gasteiger partial charge in [-0.1, -0.05) is 25.1 Å². The number of amides is 1. The molecule has 1 aliphatic rings. The quantitative estimate of drug-likeness (QED) is 0.646. The maximum absolute atomic E-state index is 12.9. The zero-order valence-electron chi connectivity index (χ0n) is 17.4. The zero-order chi connectivity index (χ0) is 21.1. The van der Waals surface area contributed by atoms with Crippen LogP contribution in [0.5, 0.6) is 11.5 Å². The maximum Gasteiger partial charge on any atom is 0.255 e. The van der Waals surface area contributed by atoms with Crippen LogP contribution >= 0.6 is 0 Å². The van der Waals surface area contributed by atoms with Crippen molar-refractivity contribution in [1.29, 1.82) is 0 Å². The summed E-state index contributed by atoms with van der Waals surface area (Å²) in [6.07, 6.45) is 2.65. The minimum absolute atomic E-state index is 0.140. The molecule has 0 saturated carbocycles. The van der Waals surface area contributed by atoms with E-state index in [4.69, 9.17) is 15.2 Å². The van der Waals surface area contributed by atoms with E-state index in [1.54, 1.807) is 0 Å². The number of rotatable bonds is 6. The van der Waals surface area contributed by atoms with Crippen LogP contribution in [0.4, 0.5) is 5.69 Å². The number of fused-ring (bicyclic) bond motifs is 2. The van der Waals surface area contributed by atoms with Crippen LogP contribution in [-0.2, 0) is 6.42 Å². The molecule has 0 bridgehead atoms. The van der Waals surface area contributed by atoms with Crippen molar-refractivity contribution < 1.29 is 14.3 Å². The van der Waals surface area contributed by atoms with Crippen LogP contribution in [0.3, 0.4) is 0 Å². The van der Waals surface area contributed by atoms with Gasteiger partial charge in [0.25, 0.3) is 5.91 Å². The fourth-order valence-electron chi connectivity index (χ4n) is 3.83. The molecule has 6 heteroatoms. The van der Waals surface area contributed by atoms with Crippen molar-refractivity contribution >= 4 is 22.5 Å². The van der Waals surface area contributed by atoms with Crippen molar-refractivity contribution in [1.82, 2.24) is 10.3 Å². The first-order valence-electron chi connectivity index (χ1n) is 10.4. The van der Waals surface area contributed by atoms with Crippen molar-refractivity contribution in [3.8, 4) is 11.5 Å². The number of nitrogens with two attached hydrogens (primary N) is 1. The number of nitrogens with zero attached hydrogens (tertiary/aromatic N) is 1. The number of nitrogens with one attached hydrogen (secondary N) is 1. The van der Waals surface area contributed by atoms with Gasteiger partial charge in [0.05, 0.1) is 29.1 Å². The summed E-state index contributed by atoms with van der Waals surface area (Å²) in [4.78, 5) is 17.5. The van der Waals surface area contributed by atoms with Crippen LogP contribution in [0.15, 0.2) is 42.5 Å². The average molecular weight is 405 g/mol. The highest BCUT2D eigenvalue weighted by Crippen LogP contribution is 2.31. The number of pyridine rings is 1. The number of aryl methyl sites for hydroxylation is 2. The summed E-state index contributed by atoms with van der Waals surface area (Å²) < 4.78 is 11.9. The Balaban J connectivity index is 1.49. The smallest absolute Gasteiger partial charge is 0.255 e. The van der Waals surface area contributed by atoms with E-state index < -0.39 is 0 Å². The number of benzene rings is 2. The number of para-hydroxylation sites is 1. The molecular formula is C24H27N3O3. The molecule has 0 spiro atoms. The second kappa shape index (κ2) is 8.61. The van der Waals surface area contributed by atoms with Crippen molar-refractivity contribution in [2.24, 2.45) is 0 Å². The first-order chi connectivity index (χ1) is 14.6. The molecule has 3 aromatic rings. The Bertz CT molecular complexity index is 1080. The average Bonchev–Trinajstić information content (AvgIpc) is 2.75. The van der Waals surface area contributed by atoms with Crippen LogP contribution in [-0.4, -0.2) is 30.1 Å². The first kappa shape index (κ1) is 20.0. The molecule has 3 N–H and O–H groups in total. The highest BCUT2D eigenvalue weighted by molar-refractivity contribution is 5.98. The molecule has 1 unspecified atom stereocenters. The molecule has 30 heavy (non-hydrogen) atoms. The molecule has 2 aromatic carbocycles. The lowest BCUT2D eigenvalue weighted by molar-refractivity contribution is 0.0915. The van der Waals surface area contributed by atoms with Gasteiger partial charge in [-0.15, -0.1) is 0 Å². The van der Waals surface area contributed by atoms with E-state index in [1.165, 1.54) is 0 Å². The monoisotopic (exact) mass is 405 g/mol. The number of anilines is 1. The Morgan fingerprint density at radius 3 is 2.97 bits per heavy atom. The standard InChI is InChI=1S/C24H27N3O3/c1-3-17(27-24(28)18-9-4-7-16-8-6-12-29-23(16)18)14-30-21-11-5-10-20-22(21)19(25)13-15(2)26-20/h4-5,7,9-11,13,17H,3,6,8,12,14H2,1-2H3,(H2,25,26)(H,27,28). The topological polar surface area (TPSA) is 86.5 Å². The molecular weight excluding hydrogens is 378 g/mol. The van der Waals surface area contributed by atoms with Gasteiger partial charge < -0.3 is 20.5 Å². The molecule has 1 aromatic heterocycles. The molecule has 0 aliphatic carbocycles. The fourth-order valence-corrected chi connectivity index (χ4v) is 3.83. The number of hydrogen-bond donors (Lipinski definition) is 2. The molecule has 4 rings (SSSR count). The Hall–Kier alpha value is -3.28. The van der Waals surface area contributed by atoms with Gasteiger partial charge in [-0.3, -0.25) is 9.78 Å². The Kier molecular flexibility index (Phi) is 5.74. The van der Waals surface area contributed by atoms with Gasteiger partial charge in [-0.25, -0.2) is 0 Å². The summed E-state index contributed by atoms with van der Waals surface area (Å²) >= 11 is 0. The van der Waals surface area contributed by atoms with Gasteiger partial charge in [0.1, 0.15) is 18.1 Å². The third-order valence-electron chi connectivity index (χ3n) is 5.40. The number of nitrogen functional groups attached to an aromatic ring is 1. The molecule has 1 atom stereocenters. The molecule has 0 radical (unpaired) electrons. The summed E-state index contributed by atoms with van der Waals surface area (Å²) in [5, 5.41) is 3.89. The van der Waals surface area contributed by atoms with E-state index in [-0.39, 0.29) is 11.9 Å². The largest absolute Gasteiger partial charge is 0.492 e. The third-order valence-corrected chi connectivity index (χ3v) is 5.40. The Morgan fingerprint density at radius 1 is 1.30 bits per heavy atom. The molecule has 1 aliphatic heterocycles. The van der Waals surface area contributed by atoms with Crippen molar-refractivity contribution in [2.45, 2.75) is 39.2 Å². The third kappa shape index (κ3) is 4.03. The number of carbonyl (C=O) groups is 1. The minimum atomic E-state index is -0.146. The van der Waals surface area contributed by atoms with Crippen molar-refractivity contribution in [3.63, 3.8) is 0 Å². The van der Waals surface area contributed by atoms with Crippen LogP contribution in [0.25, 0.3) is 10.9 Å². The fraction of sp³-hybridized carbons (Fsp3) is 0.333. The van der Waals surface area contributed by atoms with Gasteiger partial charge in [0, 0.05) is 11.4 Å². The molecule has 2 heterocycles. The molecule has 1 amide bonds. The van der Waals surface area contributed by atoms with Crippen molar-refractivity contribution in [2.75, 3.05) is 18.9 Å². The SMILES string of the molecule is CCC(COc1cccc2nc(C)cc(N)c12)NC(=O)c1cccc2c1OCCC2. The lowest BCUT2D eigenvalue weighted by Crippen LogP contribution is -2.39.